The van der Waals surface area contributed by atoms with Crippen LogP contribution in [-0.2, 0) is 10.0 Å². The van der Waals surface area contributed by atoms with Crippen molar-refractivity contribution in [1.29, 1.82) is 0 Å². The normalized spacial score (nSPS) is 12.1. The van der Waals surface area contributed by atoms with E-state index in [0.29, 0.717) is 6.07 Å². The molecule has 4 nitrogen and oxygen atoms in total. The number of hydrogen-bond donors (Lipinski definition) is 0. The van der Waals surface area contributed by atoms with Gasteiger partial charge in [0, 0.05) is 14.1 Å². The van der Waals surface area contributed by atoms with Crippen LogP contribution in [0.3, 0.4) is 0 Å². The van der Waals surface area contributed by atoms with Crippen LogP contribution in [-0.4, -0.2) is 33.8 Å². The van der Waals surface area contributed by atoms with E-state index < -0.39 is 26.6 Å². The second-order valence-electron chi connectivity index (χ2n) is 3.36. The highest BCUT2D eigenvalue weighted by Crippen LogP contribution is 2.24. The van der Waals surface area contributed by atoms with Gasteiger partial charge >= 0.3 is 0 Å². The molecule has 0 aliphatic carbocycles. The number of halogens is 3. The van der Waals surface area contributed by atoms with Gasteiger partial charge in [-0.05, 0) is 28.1 Å². The average molecular weight is 327 g/mol. The molecule has 0 bridgehead atoms. The first-order valence-corrected chi connectivity index (χ1v) is 6.59. The van der Waals surface area contributed by atoms with Gasteiger partial charge in [-0.2, -0.15) is 8.42 Å². The van der Waals surface area contributed by atoms with Crippen LogP contribution in [0.4, 0.5) is 8.78 Å². The first-order valence-electron chi connectivity index (χ1n) is 4.35. The Kier molecular flexibility index (Phi) is 4.21. The van der Waals surface area contributed by atoms with Gasteiger partial charge in [0.2, 0.25) is 0 Å². The third-order valence-electron chi connectivity index (χ3n) is 1.67. The van der Waals surface area contributed by atoms with Crippen molar-refractivity contribution in [2.75, 3.05) is 14.1 Å². The van der Waals surface area contributed by atoms with E-state index in [0.717, 1.165) is 12.4 Å². The van der Waals surface area contributed by atoms with Crippen LogP contribution >= 0.6 is 15.9 Å². The summed E-state index contributed by atoms with van der Waals surface area (Å²) in [6, 6.07) is 1.33. The molecule has 94 valence electrons. The van der Waals surface area contributed by atoms with Gasteiger partial charge in [-0.25, -0.2) is 8.78 Å². The molecule has 1 aromatic rings. The Morgan fingerprint density at radius 1 is 1.29 bits per heavy atom. The Bertz CT molecular complexity index is 558. The Hall–Kier alpha value is -1.02. The fourth-order valence-corrected chi connectivity index (χ4v) is 2.21. The van der Waals surface area contributed by atoms with E-state index in [9.17, 15) is 17.2 Å². The van der Waals surface area contributed by atoms with Crippen molar-refractivity contribution < 1.29 is 17.2 Å². The van der Waals surface area contributed by atoms with Crippen molar-refractivity contribution in [2.45, 2.75) is 4.90 Å². The lowest BCUT2D eigenvalue weighted by molar-refractivity contribution is 0.550. The molecule has 8 heteroatoms. The minimum absolute atomic E-state index is 0.148. The monoisotopic (exact) mass is 326 g/mol. The Morgan fingerprint density at radius 2 is 1.88 bits per heavy atom. The van der Waals surface area contributed by atoms with Gasteiger partial charge in [0.15, 0.2) is 0 Å². The quantitative estimate of drug-likeness (QED) is 0.485. The molecule has 0 radical (unpaired) electrons. The van der Waals surface area contributed by atoms with E-state index in [1.54, 1.807) is 14.1 Å². The summed E-state index contributed by atoms with van der Waals surface area (Å²) in [5.74, 6) is -1.93. The molecule has 17 heavy (non-hydrogen) atoms. The zero-order chi connectivity index (χ0) is 13.2. The highest BCUT2D eigenvalue weighted by Gasteiger charge is 2.20. The molecule has 0 amide bonds. The highest BCUT2D eigenvalue weighted by atomic mass is 79.9. The topological polar surface area (TPSA) is 49.7 Å². The first kappa shape index (κ1) is 14.0. The maximum Gasteiger partial charge on any atom is 0.286 e. The predicted octanol–water partition coefficient (Wildman–Crippen LogP) is 2.01. The molecular formula is C9H9BrF2N2O2S. The van der Waals surface area contributed by atoms with Crippen LogP contribution in [0.5, 0.6) is 0 Å². The zero-order valence-electron chi connectivity index (χ0n) is 8.99. The standard InChI is InChI=1S/C9H9BrF2N2O2S/c1-14(2)5-13-17(15,16)9-4-7(11)6(10)3-8(9)12/h3-5H,1-2H3. The summed E-state index contributed by atoms with van der Waals surface area (Å²) in [7, 11) is -1.13. The molecule has 0 aliphatic rings. The minimum Gasteiger partial charge on any atom is -0.368 e. The SMILES string of the molecule is CN(C)C=NS(=O)(=O)c1cc(F)c(Br)cc1F. The van der Waals surface area contributed by atoms with Crippen molar-refractivity contribution >= 4 is 32.3 Å². The number of hydrogen-bond acceptors (Lipinski definition) is 2. The summed E-state index contributed by atoms with van der Waals surface area (Å²) in [5, 5.41) is 0. The van der Waals surface area contributed by atoms with Crippen LogP contribution in [0.25, 0.3) is 0 Å². The molecule has 0 saturated heterocycles. The number of benzene rings is 1. The maximum absolute atomic E-state index is 13.4. The third-order valence-corrected chi connectivity index (χ3v) is 3.52. The lowest BCUT2D eigenvalue weighted by Crippen LogP contribution is -2.11. The molecule has 0 fully saturated rings. The summed E-state index contributed by atoms with van der Waals surface area (Å²) >= 11 is 2.75. The number of nitrogens with zero attached hydrogens (tertiary/aromatic N) is 2. The van der Waals surface area contributed by atoms with Crippen molar-refractivity contribution in [2.24, 2.45) is 4.40 Å². The van der Waals surface area contributed by atoms with Crippen LogP contribution in [0, 0.1) is 11.6 Å². The average Bonchev–Trinajstić information content (AvgIpc) is 2.20. The van der Waals surface area contributed by atoms with Crippen LogP contribution in [0.1, 0.15) is 0 Å². The molecule has 0 atom stereocenters. The van der Waals surface area contributed by atoms with Crippen LogP contribution in [0.2, 0.25) is 0 Å². The predicted molar refractivity (Wildman–Crippen MR) is 63.4 cm³/mol. The molecule has 0 spiro atoms. The molecule has 0 aromatic heterocycles. The Morgan fingerprint density at radius 3 is 2.41 bits per heavy atom. The van der Waals surface area contributed by atoms with Gasteiger partial charge in [-0.3, -0.25) is 0 Å². The number of rotatable bonds is 3. The molecule has 0 N–H and O–H groups in total. The summed E-state index contributed by atoms with van der Waals surface area (Å²) in [4.78, 5) is 0.571. The largest absolute Gasteiger partial charge is 0.368 e. The van der Waals surface area contributed by atoms with E-state index in [4.69, 9.17) is 0 Å². The molecule has 0 heterocycles. The van der Waals surface area contributed by atoms with Crippen molar-refractivity contribution in [3.63, 3.8) is 0 Å². The van der Waals surface area contributed by atoms with Gasteiger partial charge in [-0.1, -0.05) is 0 Å². The Labute approximate surface area is 106 Å². The summed E-state index contributed by atoms with van der Waals surface area (Å²) < 4.78 is 52.7. The van der Waals surface area contributed by atoms with Gasteiger partial charge in [0.25, 0.3) is 10.0 Å². The summed E-state index contributed by atoms with van der Waals surface area (Å²) in [6.45, 7) is 0. The zero-order valence-corrected chi connectivity index (χ0v) is 11.4. The van der Waals surface area contributed by atoms with Crippen molar-refractivity contribution in [3.05, 3.63) is 28.2 Å². The van der Waals surface area contributed by atoms with Gasteiger partial charge < -0.3 is 4.90 Å². The third kappa shape index (κ3) is 3.47. The van der Waals surface area contributed by atoms with Crippen LogP contribution < -0.4 is 0 Å². The Balaban J connectivity index is 3.30. The molecule has 0 unspecified atom stereocenters. The van der Waals surface area contributed by atoms with E-state index in [1.807, 2.05) is 0 Å². The lowest BCUT2D eigenvalue weighted by Gasteiger charge is -2.05. The molecule has 0 saturated carbocycles. The lowest BCUT2D eigenvalue weighted by atomic mass is 10.3. The fourth-order valence-electron chi connectivity index (χ4n) is 0.915. The summed E-state index contributed by atoms with van der Waals surface area (Å²) in [6.07, 6.45) is 0.995. The number of sulfonamides is 1. The van der Waals surface area contributed by atoms with E-state index >= 15 is 0 Å². The van der Waals surface area contributed by atoms with Gasteiger partial charge in [0.05, 0.1) is 4.47 Å². The van der Waals surface area contributed by atoms with Crippen molar-refractivity contribution in [1.82, 2.24) is 4.90 Å². The smallest absolute Gasteiger partial charge is 0.286 e. The van der Waals surface area contributed by atoms with E-state index in [-0.39, 0.29) is 4.47 Å². The van der Waals surface area contributed by atoms with Crippen LogP contribution in [0.15, 0.2) is 25.9 Å². The molecule has 1 rings (SSSR count). The maximum atomic E-state index is 13.4. The first-order chi connectivity index (χ1) is 7.74. The molecule has 0 aliphatic heterocycles. The minimum atomic E-state index is -4.23. The fraction of sp³-hybridized carbons (Fsp3) is 0.222. The molecular weight excluding hydrogens is 318 g/mol. The van der Waals surface area contributed by atoms with E-state index in [1.165, 1.54) is 4.90 Å². The highest BCUT2D eigenvalue weighted by molar-refractivity contribution is 9.10. The van der Waals surface area contributed by atoms with E-state index in [2.05, 4.69) is 20.3 Å². The van der Waals surface area contributed by atoms with Gasteiger partial charge in [0.1, 0.15) is 22.9 Å². The second-order valence-corrected chi connectivity index (χ2v) is 5.81. The van der Waals surface area contributed by atoms with Crippen molar-refractivity contribution in [3.8, 4) is 0 Å². The van der Waals surface area contributed by atoms with Gasteiger partial charge in [-0.15, -0.1) is 4.40 Å². The summed E-state index contributed by atoms with van der Waals surface area (Å²) in [5.41, 5.74) is 0. The molecule has 1 aromatic carbocycles. The second kappa shape index (κ2) is 5.09.